The molecule has 1 heterocycles. The second-order valence-corrected chi connectivity index (χ2v) is 6.88. The topological polar surface area (TPSA) is 59.1 Å². The van der Waals surface area contributed by atoms with Crippen molar-refractivity contribution >= 4 is 32.5 Å². The van der Waals surface area contributed by atoms with Gasteiger partial charge in [0.1, 0.15) is 4.90 Å². The second-order valence-electron chi connectivity index (χ2n) is 4.74. The number of sulfonamides is 1. The smallest absolute Gasteiger partial charge is 0.242 e. The van der Waals surface area contributed by atoms with Crippen LogP contribution in [-0.2, 0) is 16.6 Å². The molecule has 2 aromatic carbocycles. The molecule has 0 spiro atoms. The summed E-state index contributed by atoms with van der Waals surface area (Å²) in [4.78, 5) is 4.34. The van der Waals surface area contributed by atoms with Crippen LogP contribution in [0.1, 0.15) is 5.56 Å². The molecule has 4 nitrogen and oxygen atoms in total. The van der Waals surface area contributed by atoms with E-state index in [0.717, 1.165) is 16.5 Å². The Bertz CT molecular complexity index is 921. The highest BCUT2D eigenvalue weighted by Crippen LogP contribution is 2.21. The predicted octanol–water partition coefficient (Wildman–Crippen LogP) is 3.37. The van der Waals surface area contributed by atoms with E-state index in [4.69, 9.17) is 11.6 Å². The quantitative estimate of drug-likeness (QED) is 0.797. The van der Waals surface area contributed by atoms with Crippen LogP contribution in [0, 0.1) is 0 Å². The number of nitrogens with zero attached hydrogens (tertiary/aromatic N) is 1. The van der Waals surface area contributed by atoms with Crippen LogP contribution >= 0.6 is 11.6 Å². The molecular formula is C16H13ClN2O2S. The van der Waals surface area contributed by atoms with Crippen molar-refractivity contribution in [3.8, 4) is 0 Å². The van der Waals surface area contributed by atoms with E-state index in [0.29, 0.717) is 0 Å². The van der Waals surface area contributed by atoms with Crippen molar-refractivity contribution in [2.24, 2.45) is 0 Å². The van der Waals surface area contributed by atoms with Crippen molar-refractivity contribution in [3.05, 3.63) is 71.4 Å². The van der Waals surface area contributed by atoms with Crippen LogP contribution in [0.5, 0.6) is 0 Å². The minimum Gasteiger partial charge on any atom is -0.256 e. The zero-order valence-electron chi connectivity index (χ0n) is 11.5. The summed E-state index contributed by atoms with van der Waals surface area (Å²) >= 11 is 5.96. The van der Waals surface area contributed by atoms with Gasteiger partial charge in [0, 0.05) is 18.1 Å². The number of aromatic nitrogens is 1. The summed E-state index contributed by atoms with van der Waals surface area (Å²) in [7, 11) is -3.66. The van der Waals surface area contributed by atoms with Gasteiger partial charge < -0.3 is 0 Å². The van der Waals surface area contributed by atoms with Crippen LogP contribution in [0.3, 0.4) is 0 Å². The van der Waals surface area contributed by atoms with E-state index in [2.05, 4.69) is 9.71 Å². The van der Waals surface area contributed by atoms with Crippen molar-refractivity contribution in [1.29, 1.82) is 0 Å². The highest BCUT2D eigenvalue weighted by atomic mass is 35.5. The van der Waals surface area contributed by atoms with Crippen molar-refractivity contribution in [2.75, 3.05) is 0 Å². The Morgan fingerprint density at radius 1 is 1.00 bits per heavy atom. The molecule has 0 radical (unpaired) electrons. The molecule has 0 aliphatic heterocycles. The number of para-hydroxylation sites is 1. The SMILES string of the molecule is O=S(=O)(NCc1ccnc2ccccc12)c1ccccc1Cl. The average molecular weight is 333 g/mol. The number of halogens is 1. The molecule has 0 unspecified atom stereocenters. The molecule has 3 rings (SSSR count). The van der Waals surface area contributed by atoms with Crippen LogP contribution in [0.25, 0.3) is 10.9 Å². The van der Waals surface area contributed by atoms with Crippen molar-refractivity contribution in [2.45, 2.75) is 11.4 Å². The molecule has 0 bridgehead atoms. The van der Waals surface area contributed by atoms with Gasteiger partial charge in [-0.1, -0.05) is 41.9 Å². The van der Waals surface area contributed by atoms with Crippen LogP contribution in [0.4, 0.5) is 0 Å². The third-order valence-corrected chi connectivity index (χ3v) is 5.22. The summed E-state index contributed by atoms with van der Waals surface area (Å²) < 4.78 is 27.3. The van der Waals surface area contributed by atoms with E-state index in [1.165, 1.54) is 6.07 Å². The average Bonchev–Trinajstić information content (AvgIpc) is 2.53. The summed E-state index contributed by atoms with van der Waals surface area (Å²) in [5.74, 6) is 0. The lowest BCUT2D eigenvalue weighted by molar-refractivity contribution is 0.581. The maximum absolute atomic E-state index is 12.4. The fourth-order valence-corrected chi connectivity index (χ4v) is 3.75. The Morgan fingerprint density at radius 3 is 2.55 bits per heavy atom. The summed E-state index contributed by atoms with van der Waals surface area (Å²) in [6.07, 6.45) is 1.67. The number of hydrogen-bond donors (Lipinski definition) is 1. The van der Waals surface area contributed by atoms with Crippen molar-refractivity contribution in [1.82, 2.24) is 9.71 Å². The first-order valence-electron chi connectivity index (χ1n) is 6.65. The maximum atomic E-state index is 12.4. The Morgan fingerprint density at radius 2 is 1.73 bits per heavy atom. The summed E-state index contributed by atoms with van der Waals surface area (Å²) in [5, 5.41) is 1.13. The van der Waals surface area contributed by atoms with E-state index in [9.17, 15) is 8.42 Å². The maximum Gasteiger partial charge on any atom is 0.242 e. The van der Waals surface area contributed by atoms with Crippen LogP contribution in [-0.4, -0.2) is 13.4 Å². The first kappa shape index (κ1) is 15.0. The highest BCUT2D eigenvalue weighted by molar-refractivity contribution is 7.89. The molecule has 3 aromatic rings. The summed E-state index contributed by atoms with van der Waals surface area (Å²) in [6.45, 7) is 0.177. The number of benzene rings is 2. The second kappa shape index (κ2) is 6.04. The number of nitrogens with one attached hydrogen (secondary N) is 1. The van der Waals surface area contributed by atoms with Gasteiger partial charge in [-0.15, -0.1) is 0 Å². The predicted molar refractivity (Wildman–Crippen MR) is 87.2 cm³/mol. The lowest BCUT2D eigenvalue weighted by Crippen LogP contribution is -2.23. The van der Waals surface area contributed by atoms with Crippen LogP contribution in [0.2, 0.25) is 5.02 Å². The van der Waals surface area contributed by atoms with E-state index in [-0.39, 0.29) is 16.5 Å². The Hall–Kier alpha value is -1.95. The zero-order valence-corrected chi connectivity index (χ0v) is 13.1. The Labute approximate surface area is 133 Å². The molecule has 0 aliphatic carbocycles. The van der Waals surface area contributed by atoms with Gasteiger partial charge in [0.25, 0.3) is 0 Å². The lowest BCUT2D eigenvalue weighted by Gasteiger charge is -2.10. The monoisotopic (exact) mass is 332 g/mol. The molecule has 0 atom stereocenters. The third-order valence-electron chi connectivity index (χ3n) is 3.32. The third kappa shape index (κ3) is 2.97. The molecule has 1 N–H and O–H groups in total. The summed E-state index contributed by atoms with van der Waals surface area (Å²) in [5.41, 5.74) is 1.69. The summed E-state index contributed by atoms with van der Waals surface area (Å²) in [6, 6.07) is 15.8. The van der Waals surface area contributed by atoms with E-state index >= 15 is 0 Å². The molecular weight excluding hydrogens is 320 g/mol. The number of pyridine rings is 1. The molecule has 0 fully saturated rings. The largest absolute Gasteiger partial charge is 0.256 e. The molecule has 1 aromatic heterocycles. The Kier molecular flexibility index (Phi) is 4.11. The molecule has 0 aliphatic rings. The number of fused-ring (bicyclic) bond motifs is 1. The number of hydrogen-bond acceptors (Lipinski definition) is 3. The Balaban J connectivity index is 1.90. The fraction of sp³-hybridized carbons (Fsp3) is 0.0625. The van der Waals surface area contributed by atoms with E-state index in [1.807, 2.05) is 24.3 Å². The number of rotatable bonds is 4. The first-order chi connectivity index (χ1) is 10.6. The standard InChI is InChI=1S/C16H13ClN2O2S/c17-14-6-2-4-8-16(14)22(20,21)19-11-12-9-10-18-15-7-3-1-5-13(12)15/h1-10,19H,11H2. The zero-order chi connectivity index (χ0) is 15.6. The van der Waals surface area contributed by atoms with Gasteiger partial charge >= 0.3 is 0 Å². The minimum absolute atomic E-state index is 0.0787. The van der Waals surface area contributed by atoms with Gasteiger partial charge in [0.15, 0.2) is 0 Å². The first-order valence-corrected chi connectivity index (χ1v) is 8.51. The highest BCUT2D eigenvalue weighted by Gasteiger charge is 2.17. The van der Waals surface area contributed by atoms with Gasteiger partial charge in [-0.2, -0.15) is 0 Å². The molecule has 0 saturated heterocycles. The lowest BCUT2D eigenvalue weighted by atomic mass is 10.1. The van der Waals surface area contributed by atoms with E-state index in [1.54, 1.807) is 30.5 Å². The molecule has 6 heteroatoms. The van der Waals surface area contributed by atoms with Gasteiger partial charge in [0.05, 0.1) is 10.5 Å². The molecule has 22 heavy (non-hydrogen) atoms. The molecule has 112 valence electrons. The van der Waals surface area contributed by atoms with Crippen molar-refractivity contribution < 1.29 is 8.42 Å². The van der Waals surface area contributed by atoms with E-state index < -0.39 is 10.0 Å². The van der Waals surface area contributed by atoms with Gasteiger partial charge in [0.2, 0.25) is 10.0 Å². The minimum atomic E-state index is -3.66. The molecule has 0 saturated carbocycles. The van der Waals surface area contributed by atoms with Crippen LogP contribution < -0.4 is 4.72 Å². The van der Waals surface area contributed by atoms with Gasteiger partial charge in [-0.05, 0) is 29.8 Å². The fourth-order valence-electron chi connectivity index (χ4n) is 2.22. The van der Waals surface area contributed by atoms with Gasteiger partial charge in [-0.25, -0.2) is 13.1 Å². The molecule has 0 amide bonds. The normalized spacial score (nSPS) is 11.7. The van der Waals surface area contributed by atoms with Crippen LogP contribution in [0.15, 0.2) is 65.7 Å². The van der Waals surface area contributed by atoms with Gasteiger partial charge in [-0.3, -0.25) is 4.98 Å². The van der Waals surface area contributed by atoms with Crippen molar-refractivity contribution in [3.63, 3.8) is 0 Å².